The third kappa shape index (κ3) is 3.71. The molecule has 3 rings (SSSR count). The summed E-state index contributed by atoms with van der Waals surface area (Å²) in [5.74, 6) is -0.755. The maximum atomic E-state index is 14.1. The van der Waals surface area contributed by atoms with Gasteiger partial charge in [0.1, 0.15) is 0 Å². The molecule has 0 bridgehead atoms. The van der Waals surface area contributed by atoms with Crippen LogP contribution in [0.3, 0.4) is 0 Å². The van der Waals surface area contributed by atoms with Crippen molar-refractivity contribution in [2.75, 3.05) is 31.1 Å². The predicted molar refractivity (Wildman–Crippen MR) is 92.6 cm³/mol. The molecule has 130 valence electrons. The lowest BCUT2D eigenvalue weighted by Crippen LogP contribution is -2.49. The molecule has 0 radical (unpaired) electrons. The first-order valence-electron chi connectivity index (χ1n) is 7.69. The molecule has 1 aliphatic rings. The van der Waals surface area contributed by atoms with Gasteiger partial charge in [0, 0.05) is 42.8 Å². The van der Waals surface area contributed by atoms with Gasteiger partial charge < -0.3 is 9.80 Å². The number of nitro benzene ring substituents is 1. The van der Waals surface area contributed by atoms with Crippen molar-refractivity contribution in [2.24, 2.45) is 0 Å². The zero-order chi connectivity index (χ0) is 18.0. The van der Waals surface area contributed by atoms with Crippen molar-refractivity contribution < 1.29 is 14.1 Å². The SMILES string of the molecule is O=C(c1cccc(Cl)c1)N1CCN(c2ccc([N+](=O)[O-])cc2F)CC1. The lowest BCUT2D eigenvalue weighted by Gasteiger charge is -2.36. The highest BCUT2D eigenvalue weighted by Crippen LogP contribution is 2.25. The molecule has 1 saturated heterocycles. The Morgan fingerprint density at radius 3 is 2.44 bits per heavy atom. The Balaban J connectivity index is 1.68. The fraction of sp³-hybridized carbons (Fsp3) is 0.235. The highest BCUT2D eigenvalue weighted by atomic mass is 35.5. The molecular formula is C17H15ClFN3O3. The van der Waals surface area contributed by atoms with E-state index in [2.05, 4.69) is 0 Å². The largest absolute Gasteiger partial charge is 0.366 e. The monoisotopic (exact) mass is 363 g/mol. The Kier molecular flexibility index (Phi) is 4.85. The minimum Gasteiger partial charge on any atom is -0.366 e. The van der Waals surface area contributed by atoms with E-state index in [-0.39, 0.29) is 11.6 Å². The summed E-state index contributed by atoms with van der Waals surface area (Å²) in [4.78, 5) is 26.0. The molecule has 0 aromatic heterocycles. The van der Waals surface area contributed by atoms with E-state index in [4.69, 9.17) is 11.6 Å². The van der Waals surface area contributed by atoms with Crippen LogP contribution in [0.25, 0.3) is 0 Å². The van der Waals surface area contributed by atoms with Crippen molar-refractivity contribution in [1.29, 1.82) is 0 Å². The van der Waals surface area contributed by atoms with E-state index in [1.54, 1.807) is 34.1 Å². The van der Waals surface area contributed by atoms with Crippen molar-refractivity contribution in [2.45, 2.75) is 0 Å². The second-order valence-electron chi connectivity index (χ2n) is 5.68. The Bertz CT molecular complexity index is 823. The molecule has 25 heavy (non-hydrogen) atoms. The summed E-state index contributed by atoms with van der Waals surface area (Å²) >= 11 is 5.91. The number of carbonyl (C=O) groups is 1. The van der Waals surface area contributed by atoms with Gasteiger partial charge >= 0.3 is 0 Å². The number of anilines is 1. The molecular weight excluding hydrogens is 349 g/mol. The smallest absolute Gasteiger partial charge is 0.272 e. The molecule has 0 atom stereocenters. The average Bonchev–Trinajstić information content (AvgIpc) is 2.61. The Labute approximate surface area is 148 Å². The minimum atomic E-state index is -0.635. The summed E-state index contributed by atoms with van der Waals surface area (Å²) in [5.41, 5.74) is 0.541. The molecule has 1 aliphatic heterocycles. The minimum absolute atomic E-state index is 0.119. The number of benzene rings is 2. The van der Waals surface area contributed by atoms with Crippen LogP contribution in [-0.4, -0.2) is 41.9 Å². The number of carbonyl (C=O) groups excluding carboxylic acids is 1. The zero-order valence-corrected chi connectivity index (χ0v) is 13.9. The summed E-state index contributed by atoms with van der Waals surface area (Å²) in [6.45, 7) is 1.76. The number of halogens is 2. The third-order valence-corrected chi connectivity index (χ3v) is 4.36. The number of non-ortho nitro benzene ring substituents is 1. The maximum absolute atomic E-state index is 14.1. The molecule has 1 heterocycles. The van der Waals surface area contributed by atoms with Gasteiger partial charge in [0.15, 0.2) is 5.82 Å². The van der Waals surface area contributed by atoms with Crippen molar-refractivity contribution in [3.63, 3.8) is 0 Å². The van der Waals surface area contributed by atoms with Gasteiger partial charge in [-0.25, -0.2) is 4.39 Å². The molecule has 1 fully saturated rings. The van der Waals surface area contributed by atoms with E-state index in [9.17, 15) is 19.3 Å². The Hall–Kier alpha value is -2.67. The number of amides is 1. The van der Waals surface area contributed by atoms with Crippen molar-refractivity contribution in [3.05, 3.63) is 69.0 Å². The summed E-state index contributed by atoms with van der Waals surface area (Å²) in [7, 11) is 0. The third-order valence-electron chi connectivity index (χ3n) is 4.12. The number of nitro groups is 1. The van der Waals surface area contributed by atoms with Crippen LogP contribution in [-0.2, 0) is 0 Å². The quantitative estimate of drug-likeness (QED) is 0.619. The van der Waals surface area contributed by atoms with Crippen LogP contribution >= 0.6 is 11.6 Å². The average molecular weight is 364 g/mol. The number of piperazine rings is 1. The van der Waals surface area contributed by atoms with Gasteiger partial charge in [0.25, 0.3) is 11.6 Å². The number of nitrogens with zero attached hydrogens (tertiary/aromatic N) is 3. The highest BCUT2D eigenvalue weighted by Gasteiger charge is 2.24. The van der Waals surface area contributed by atoms with Gasteiger partial charge in [0.2, 0.25) is 0 Å². The lowest BCUT2D eigenvalue weighted by atomic mass is 10.1. The predicted octanol–water partition coefficient (Wildman–Crippen LogP) is 3.35. The van der Waals surface area contributed by atoms with Gasteiger partial charge in [-0.1, -0.05) is 17.7 Å². The van der Waals surface area contributed by atoms with Crippen molar-refractivity contribution in [1.82, 2.24) is 4.90 Å². The summed E-state index contributed by atoms with van der Waals surface area (Å²) < 4.78 is 14.1. The standard InChI is InChI=1S/C17H15ClFN3O3/c18-13-3-1-2-12(10-13)17(23)21-8-6-20(7-9-21)16-5-4-14(22(24)25)11-15(16)19/h1-5,10-11H,6-9H2. The van der Waals surface area contributed by atoms with E-state index in [0.29, 0.717) is 42.5 Å². The van der Waals surface area contributed by atoms with Gasteiger partial charge in [-0.05, 0) is 24.3 Å². The molecule has 0 aliphatic carbocycles. The molecule has 2 aromatic rings. The van der Waals surface area contributed by atoms with Gasteiger partial charge in [-0.3, -0.25) is 14.9 Å². The fourth-order valence-corrected chi connectivity index (χ4v) is 3.01. The molecule has 0 spiro atoms. The van der Waals surface area contributed by atoms with Crippen LogP contribution in [0.15, 0.2) is 42.5 Å². The molecule has 2 aromatic carbocycles. The molecule has 6 nitrogen and oxygen atoms in total. The first kappa shape index (κ1) is 17.2. The van der Waals surface area contributed by atoms with E-state index in [0.717, 1.165) is 6.07 Å². The second kappa shape index (κ2) is 7.06. The number of hydrogen-bond acceptors (Lipinski definition) is 4. The molecule has 8 heteroatoms. The summed E-state index contributed by atoms with van der Waals surface area (Å²) in [6.07, 6.45) is 0. The normalized spacial score (nSPS) is 14.5. The van der Waals surface area contributed by atoms with E-state index in [1.165, 1.54) is 12.1 Å². The van der Waals surface area contributed by atoms with E-state index >= 15 is 0 Å². The fourth-order valence-electron chi connectivity index (χ4n) is 2.82. The topological polar surface area (TPSA) is 66.7 Å². The van der Waals surface area contributed by atoms with Crippen molar-refractivity contribution >= 4 is 28.9 Å². The molecule has 0 unspecified atom stereocenters. The van der Waals surface area contributed by atoms with Crippen molar-refractivity contribution in [3.8, 4) is 0 Å². The van der Waals surface area contributed by atoms with Crippen LogP contribution < -0.4 is 4.90 Å². The van der Waals surface area contributed by atoms with Gasteiger partial charge in [-0.2, -0.15) is 0 Å². The Morgan fingerprint density at radius 1 is 1.12 bits per heavy atom. The summed E-state index contributed by atoms with van der Waals surface area (Å²) in [6, 6.07) is 10.3. The van der Waals surface area contributed by atoms with E-state index < -0.39 is 10.7 Å². The van der Waals surface area contributed by atoms with Crippen LogP contribution in [0.5, 0.6) is 0 Å². The van der Waals surface area contributed by atoms with Crippen LogP contribution in [0.2, 0.25) is 5.02 Å². The lowest BCUT2D eigenvalue weighted by molar-refractivity contribution is -0.385. The molecule has 0 N–H and O–H groups in total. The number of rotatable bonds is 3. The molecule has 0 saturated carbocycles. The van der Waals surface area contributed by atoms with Crippen LogP contribution in [0, 0.1) is 15.9 Å². The second-order valence-corrected chi connectivity index (χ2v) is 6.12. The van der Waals surface area contributed by atoms with Gasteiger partial charge in [0.05, 0.1) is 16.7 Å². The van der Waals surface area contributed by atoms with Crippen LogP contribution in [0.4, 0.5) is 15.8 Å². The molecule has 1 amide bonds. The number of hydrogen-bond donors (Lipinski definition) is 0. The highest BCUT2D eigenvalue weighted by molar-refractivity contribution is 6.30. The van der Waals surface area contributed by atoms with Gasteiger partial charge in [-0.15, -0.1) is 0 Å². The maximum Gasteiger partial charge on any atom is 0.272 e. The first-order valence-corrected chi connectivity index (χ1v) is 8.07. The summed E-state index contributed by atoms with van der Waals surface area (Å²) in [5, 5.41) is 11.2. The van der Waals surface area contributed by atoms with E-state index in [1.807, 2.05) is 0 Å². The van der Waals surface area contributed by atoms with Crippen LogP contribution in [0.1, 0.15) is 10.4 Å². The zero-order valence-electron chi connectivity index (χ0n) is 13.2. The first-order chi connectivity index (χ1) is 12.0. The Morgan fingerprint density at radius 2 is 1.84 bits per heavy atom.